The number of hydrogen-bond acceptors (Lipinski definition) is 6. The third kappa shape index (κ3) is 7.10. The average Bonchev–Trinajstić information content (AvgIpc) is 2.62. The molecular weight excluding hydrogens is 548 g/mol. The summed E-state index contributed by atoms with van der Waals surface area (Å²) in [7, 11) is 2.89. The summed E-state index contributed by atoms with van der Waals surface area (Å²) in [6, 6.07) is 6.57. The fourth-order valence-electron chi connectivity index (χ4n) is 2.11. The van der Waals surface area contributed by atoms with Crippen LogP contribution in [-0.2, 0) is 17.1 Å². The molecule has 0 atom stereocenters. The van der Waals surface area contributed by atoms with Crippen LogP contribution in [-0.4, -0.2) is 45.2 Å². The molecule has 2 rings (SSSR count). The van der Waals surface area contributed by atoms with Crippen molar-refractivity contribution >= 4 is 44.3 Å². The summed E-state index contributed by atoms with van der Waals surface area (Å²) >= 11 is 6.65. The van der Waals surface area contributed by atoms with Gasteiger partial charge in [-0.2, -0.15) is 0 Å². The van der Waals surface area contributed by atoms with Gasteiger partial charge in [0.2, 0.25) is 0 Å². The van der Waals surface area contributed by atoms with Crippen LogP contribution in [0.2, 0.25) is 0 Å². The summed E-state index contributed by atoms with van der Waals surface area (Å²) in [6.45, 7) is 0.758. The second kappa shape index (κ2) is 12.8. The Hall–Kier alpha value is -1.58. The first-order chi connectivity index (χ1) is 12.5. The molecule has 0 fully saturated rings. The molecule has 28 heavy (non-hydrogen) atoms. The van der Waals surface area contributed by atoms with Crippen molar-refractivity contribution in [3.63, 3.8) is 0 Å². The normalized spacial score (nSPS) is 10.6. The summed E-state index contributed by atoms with van der Waals surface area (Å²) in [6.07, 6.45) is 2.98. The Labute approximate surface area is 190 Å². The van der Waals surface area contributed by atoms with Gasteiger partial charge in [-0.15, -0.1) is 0 Å². The fraction of sp³-hybridized carbons (Fsp3) is 0.222. The van der Waals surface area contributed by atoms with E-state index in [-0.39, 0.29) is 45.5 Å². The number of nitrogens with zero attached hydrogens (tertiary/aromatic N) is 2. The van der Waals surface area contributed by atoms with Gasteiger partial charge in [-0.25, -0.2) is 0 Å². The molecule has 0 aromatic heterocycles. The van der Waals surface area contributed by atoms with Crippen molar-refractivity contribution in [1.82, 2.24) is 0 Å². The number of benzene rings is 2. The molecule has 0 amide bonds. The van der Waals surface area contributed by atoms with Crippen LogP contribution in [0.5, 0.6) is 23.0 Å². The van der Waals surface area contributed by atoms with Crippen molar-refractivity contribution in [3.05, 3.63) is 44.3 Å². The first kappa shape index (κ1) is 26.4. The first-order valence-corrected chi connectivity index (χ1v) is 9.13. The van der Waals surface area contributed by atoms with Gasteiger partial charge in [-0.05, 0) is 35.4 Å². The summed E-state index contributed by atoms with van der Waals surface area (Å²) in [5.74, 6) is 0.0659. The van der Waals surface area contributed by atoms with E-state index >= 15 is 0 Å². The van der Waals surface area contributed by atoms with Crippen molar-refractivity contribution in [3.8, 4) is 23.0 Å². The van der Waals surface area contributed by atoms with Crippen LogP contribution in [0.25, 0.3) is 0 Å². The number of aliphatic imine (C=N–C) groups is 2. The van der Waals surface area contributed by atoms with Crippen LogP contribution in [0.15, 0.2) is 43.2 Å². The van der Waals surface area contributed by atoms with Gasteiger partial charge in [0.05, 0.1) is 27.3 Å². The molecule has 1 radical (unpaired) electrons. The molecule has 0 unspecified atom stereocenters. The van der Waals surface area contributed by atoms with E-state index in [2.05, 4.69) is 41.8 Å². The minimum atomic E-state index is -0.222. The second-order valence-corrected chi connectivity index (χ2v) is 6.95. The van der Waals surface area contributed by atoms with E-state index in [9.17, 15) is 10.2 Å². The Morgan fingerprint density at radius 2 is 1.18 bits per heavy atom. The number of halogens is 2. The smallest absolute Gasteiger partial charge is 0.870 e. The monoisotopic (exact) mass is 563 g/mol. The van der Waals surface area contributed by atoms with Gasteiger partial charge in [-0.1, -0.05) is 43.4 Å². The van der Waals surface area contributed by atoms with E-state index in [4.69, 9.17) is 9.47 Å². The maximum atomic E-state index is 12.1. The van der Waals surface area contributed by atoms with Gasteiger partial charge in [0.1, 0.15) is 11.5 Å². The Morgan fingerprint density at radius 1 is 0.821 bits per heavy atom. The Kier molecular flexibility index (Phi) is 12.1. The Morgan fingerprint density at radius 3 is 1.50 bits per heavy atom. The number of rotatable bonds is 7. The zero-order valence-corrected chi connectivity index (χ0v) is 19.1. The largest absolute Gasteiger partial charge is 2.00 e. The van der Waals surface area contributed by atoms with Crippen LogP contribution >= 0.6 is 31.9 Å². The number of hydrogen-bond donors (Lipinski definition) is 0. The first-order valence-electron chi connectivity index (χ1n) is 7.55. The van der Waals surface area contributed by atoms with Gasteiger partial charge in [-0.3, -0.25) is 9.98 Å². The number of ether oxygens (including phenoxy) is 2. The van der Waals surface area contributed by atoms with E-state index < -0.39 is 0 Å². The Bertz CT molecular complexity index is 778. The van der Waals surface area contributed by atoms with Crippen molar-refractivity contribution in [2.75, 3.05) is 27.3 Å². The van der Waals surface area contributed by atoms with Gasteiger partial charge in [0, 0.05) is 21.4 Å². The summed E-state index contributed by atoms with van der Waals surface area (Å²) < 4.78 is 11.5. The maximum Gasteiger partial charge on any atom is 2.00 e. The van der Waals surface area contributed by atoms with Crippen molar-refractivity contribution < 1.29 is 42.2 Å². The minimum Gasteiger partial charge on any atom is -0.870 e. The van der Waals surface area contributed by atoms with E-state index in [1.165, 1.54) is 26.6 Å². The summed E-state index contributed by atoms with van der Waals surface area (Å²) in [5, 5.41) is 24.1. The molecule has 0 aliphatic heterocycles. The van der Waals surface area contributed by atoms with E-state index in [1.807, 2.05) is 0 Å². The van der Waals surface area contributed by atoms with E-state index in [0.717, 1.165) is 8.95 Å². The molecule has 0 bridgehead atoms. The van der Waals surface area contributed by atoms with Crippen molar-refractivity contribution in [2.45, 2.75) is 0 Å². The summed E-state index contributed by atoms with van der Waals surface area (Å²) in [4.78, 5) is 8.39. The standard InChI is InChI=1S/C18H18Br2N2O4.Cu.H2O/c1-25-15-7-13(19)5-11(17(15)23)9-21-3-4-22-10-12-6-14(20)8-16(26-2)18(12)24;;/h5-10,23-24H,3-4H2,1-2H3;;1H2/q;+2;/p-2. The predicted octanol–water partition coefficient (Wildman–Crippen LogP) is 2.09. The van der Waals surface area contributed by atoms with Gasteiger partial charge in [0.15, 0.2) is 0 Å². The number of methoxy groups -OCH3 is 2. The molecule has 10 heteroatoms. The fourth-order valence-corrected chi connectivity index (χ4v) is 3.02. The topological polar surface area (TPSA) is 121 Å². The molecule has 0 aliphatic carbocycles. The molecular formula is C18H18Br2CuN2O5. The van der Waals surface area contributed by atoms with Crippen LogP contribution in [0.1, 0.15) is 11.1 Å². The van der Waals surface area contributed by atoms with Crippen LogP contribution in [0, 0.1) is 0 Å². The predicted molar refractivity (Wildman–Crippen MR) is 109 cm³/mol. The molecule has 7 nitrogen and oxygen atoms in total. The molecule has 155 valence electrons. The van der Waals surface area contributed by atoms with Gasteiger partial charge in [0.25, 0.3) is 0 Å². The molecule has 0 spiro atoms. The molecule has 0 heterocycles. The van der Waals surface area contributed by atoms with Gasteiger partial charge < -0.3 is 25.2 Å². The second-order valence-electron chi connectivity index (χ2n) is 5.12. The van der Waals surface area contributed by atoms with Gasteiger partial charge >= 0.3 is 17.1 Å². The molecule has 2 aromatic carbocycles. The maximum absolute atomic E-state index is 12.1. The molecule has 0 saturated carbocycles. The molecule has 0 saturated heterocycles. The van der Waals surface area contributed by atoms with E-state index in [1.54, 1.807) is 24.3 Å². The zero-order valence-electron chi connectivity index (χ0n) is 15.0. The molecule has 0 aliphatic rings. The van der Waals surface area contributed by atoms with Crippen molar-refractivity contribution in [1.29, 1.82) is 0 Å². The average molecular weight is 566 g/mol. The van der Waals surface area contributed by atoms with Crippen LogP contribution < -0.4 is 19.7 Å². The molecule has 2 aromatic rings. The molecule has 2 N–H and O–H groups in total. The third-order valence-electron chi connectivity index (χ3n) is 3.36. The zero-order chi connectivity index (χ0) is 19.1. The van der Waals surface area contributed by atoms with Crippen LogP contribution in [0.4, 0.5) is 0 Å². The SMILES string of the molecule is COc1cc(Br)cc(C=NCCN=Cc2cc(Br)cc(OC)c2[O-])c1[O-].O.[Cu+2]. The van der Waals surface area contributed by atoms with E-state index in [0.29, 0.717) is 24.2 Å². The Balaban J connectivity index is 0.00000364. The minimum absolute atomic E-state index is 0. The summed E-state index contributed by atoms with van der Waals surface area (Å²) in [5.41, 5.74) is 0.859. The quantitative estimate of drug-likeness (QED) is 0.290. The third-order valence-corrected chi connectivity index (χ3v) is 4.27. The van der Waals surface area contributed by atoms with Crippen molar-refractivity contribution in [2.24, 2.45) is 9.98 Å². The van der Waals surface area contributed by atoms with Crippen LogP contribution in [0.3, 0.4) is 0 Å².